The smallest absolute Gasteiger partial charge is 0.265 e. The van der Waals surface area contributed by atoms with E-state index in [9.17, 15) is 4.79 Å². The van der Waals surface area contributed by atoms with Crippen LogP contribution in [0.5, 0.6) is 5.75 Å². The Balaban J connectivity index is 2.01. The fourth-order valence-corrected chi connectivity index (χ4v) is 3.42. The van der Waals surface area contributed by atoms with Crippen molar-refractivity contribution in [1.82, 2.24) is 0 Å². The summed E-state index contributed by atoms with van der Waals surface area (Å²) in [6.07, 6.45) is 0. The number of carbonyl (C=O) groups excluding carboxylic acids is 1. The Morgan fingerprint density at radius 2 is 1.96 bits per heavy atom. The maximum atomic E-state index is 12.2. The summed E-state index contributed by atoms with van der Waals surface area (Å²) in [5.41, 5.74) is 0.864. The van der Waals surface area contributed by atoms with Crippen molar-refractivity contribution in [2.45, 2.75) is 45.8 Å². The van der Waals surface area contributed by atoms with Crippen molar-refractivity contribution >= 4 is 19.9 Å². The molecule has 0 unspecified atom stereocenters. The Labute approximate surface area is 140 Å². The lowest BCUT2D eigenvalue weighted by atomic mass is 10.1. The molecule has 0 bridgehead atoms. The van der Waals surface area contributed by atoms with E-state index in [2.05, 4.69) is 40.8 Å². The molecule has 0 radical (unpaired) electrons. The van der Waals surface area contributed by atoms with Crippen LogP contribution in [0.2, 0.25) is 18.1 Å². The minimum absolute atomic E-state index is 0.0166. The molecular weight excluding hydrogens is 306 g/mol. The predicted octanol–water partition coefficient (Wildman–Crippen LogP) is 4.07. The minimum Gasteiger partial charge on any atom is -0.482 e. The van der Waals surface area contributed by atoms with Gasteiger partial charge in [0.25, 0.3) is 5.91 Å². The van der Waals surface area contributed by atoms with E-state index in [4.69, 9.17) is 9.16 Å². The van der Waals surface area contributed by atoms with Gasteiger partial charge in [-0.25, -0.2) is 0 Å². The van der Waals surface area contributed by atoms with Gasteiger partial charge in [0.2, 0.25) is 0 Å². The lowest BCUT2D eigenvalue weighted by Gasteiger charge is -2.38. The number of para-hydroxylation sites is 2. The number of ether oxygens (including phenoxy) is 1. The third kappa shape index (κ3) is 4.15. The first-order valence-corrected chi connectivity index (χ1v) is 11.2. The van der Waals surface area contributed by atoms with E-state index in [0.29, 0.717) is 13.2 Å². The summed E-state index contributed by atoms with van der Waals surface area (Å²) < 4.78 is 11.8. The molecule has 128 valence electrons. The van der Waals surface area contributed by atoms with E-state index >= 15 is 0 Å². The molecule has 4 nitrogen and oxygen atoms in total. The first-order chi connectivity index (χ1) is 10.6. The van der Waals surface area contributed by atoms with Gasteiger partial charge in [-0.05, 0) is 36.2 Å². The topological polar surface area (TPSA) is 38.8 Å². The molecule has 1 amide bonds. The second kappa shape index (κ2) is 6.65. The van der Waals surface area contributed by atoms with E-state index in [0.717, 1.165) is 11.4 Å². The monoisotopic (exact) mass is 335 g/mol. The number of rotatable bonds is 5. The first kappa shape index (κ1) is 18.0. The molecule has 0 N–H and O–H groups in total. The Bertz CT molecular complexity index is 566. The molecule has 1 heterocycles. The van der Waals surface area contributed by atoms with Gasteiger partial charge in [-0.15, -0.1) is 0 Å². The molecule has 1 aromatic rings. The summed E-state index contributed by atoms with van der Waals surface area (Å²) in [5, 5.41) is 0.202. The molecule has 1 atom stereocenters. The summed E-state index contributed by atoms with van der Waals surface area (Å²) in [4.78, 5) is 14.1. The summed E-state index contributed by atoms with van der Waals surface area (Å²) in [5.74, 6) is 1.08. The molecule has 1 aromatic carbocycles. The first-order valence-electron chi connectivity index (χ1n) is 8.28. The van der Waals surface area contributed by atoms with E-state index in [-0.39, 0.29) is 23.5 Å². The van der Waals surface area contributed by atoms with Gasteiger partial charge in [0.05, 0.1) is 5.69 Å². The summed E-state index contributed by atoms with van der Waals surface area (Å²) in [7, 11) is -1.75. The number of carbonyl (C=O) groups is 1. The largest absolute Gasteiger partial charge is 0.482 e. The molecule has 0 fully saturated rings. The number of nitrogens with zero attached hydrogens (tertiary/aromatic N) is 1. The summed E-state index contributed by atoms with van der Waals surface area (Å²) >= 11 is 0. The van der Waals surface area contributed by atoms with E-state index < -0.39 is 8.32 Å². The van der Waals surface area contributed by atoms with E-state index in [1.807, 2.05) is 29.2 Å². The molecule has 2 rings (SSSR count). The van der Waals surface area contributed by atoms with Gasteiger partial charge in [-0.2, -0.15) is 0 Å². The van der Waals surface area contributed by atoms with Crippen LogP contribution in [0.3, 0.4) is 0 Å². The number of anilines is 1. The molecule has 0 aromatic heterocycles. The Morgan fingerprint density at radius 1 is 1.30 bits per heavy atom. The SMILES string of the molecule is C[C@H](CO[Si](C)(C)C(C)(C)C)CN1C(=O)COc2ccccc21. The van der Waals surface area contributed by atoms with Crippen molar-refractivity contribution in [3.8, 4) is 5.75 Å². The average molecular weight is 336 g/mol. The van der Waals surface area contributed by atoms with Gasteiger partial charge in [0, 0.05) is 13.2 Å². The van der Waals surface area contributed by atoms with Gasteiger partial charge in [-0.1, -0.05) is 39.8 Å². The van der Waals surface area contributed by atoms with Crippen molar-refractivity contribution in [3.63, 3.8) is 0 Å². The summed E-state index contributed by atoms with van der Waals surface area (Å²) in [6.45, 7) is 14.8. The third-order valence-electron chi connectivity index (χ3n) is 4.84. The van der Waals surface area contributed by atoms with Crippen LogP contribution in [0, 0.1) is 5.92 Å². The lowest BCUT2D eigenvalue weighted by Crippen LogP contribution is -2.45. The predicted molar refractivity (Wildman–Crippen MR) is 96.6 cm³/mol. The number of hydrogen-bond acceptors (Lipinski definition) is 3. The van der Waals surface area contributed by atoms with E-state index in [1.165, 1.54) is 0 Å². The van der Waals surface area contributed by atoms with Crippen molar-refractivity contribution in [1.29, 1.82) is 0 Å². The Morgan fingerprint density at radius 3 is 2.61 bits per heavy atom. The molecule has 0 saturated heterocycles. The standard InChI is InChI=1S/C18H29NO3Si/c1-14(12-22-23(5,6)18(2,3)4)11-19-15-9-7-8-10-16(15)21-13-17(19)20/h7-10,14H,11-13H2,1-6H3/t14-/m0/s1. The zero-order valence-corrected chi connectivity index (χ0v) is 16.2. The number of benzene rings is 1. The van der Waals surface area contributed by atoms with Crippen molar-refractivity contribution < 1.29 is 14.0 Å². The molecule has 1 aliphatic heterocycles. The second-order valence-corrected chi connectivity index (χ2v) is 12.7. The van der Waals surface area contributed by atoms with Crippen LogP contribution in [0.15, 0.2) is 24.3 Å². The highest BCUT2D eigenvalue weighted by molar-refractivity contribution is 6.74. The number of hydrogen-bond donors (Lipinski definition) is 0. The van der Waals surface area contributed by atoms with Gasteiger partial charge >= 0.3 is 0 Å². The van der Waals surface area contributed by atoms with Gasteiger partial charge in [0.15, 0.2) is 14.9 Å². The highest BCUT2D eigenvalue weighted by Gasteiger charge is 2.37. The molecule has 0 saturated carbocycles. The maximum absolute atomic E-state index is 12.2. The van der Waals surface area contributed by atoms with Crippen LogP contribution in [0.25, 0.3) is 0 Å². The molecular formula is C18H29NO3Si. The fourth-order valence-electron chi connectivity index (χ4n) is 2.29. The molecule has 1 aliphatic rings. The van der Waals surface area contributed by atoms with Crippen LogP contribution in [-0.2, 0) is 9.22 Å². The van der Waals surface area contributed by atoms with Gasteiger partial charge in [-0.3, -0.25) is 4.79 Å². The lowest BCUT2D eigenvalue weighted by molar-refractivity contribution is -0.121. The van der Waals surface area contributed by atoms with Crippen LogP contribution in [0.1, 0.15) is 27.7 Å². The zero-order valence-electron chi connectivity index (χ0n) is 15.2. The Kier molecular flexibility index (Phi) is 5.21. The van der Waals surface area contributed by atoms with Crippen LogP contribution in [-0.4, -0.2) is 34.0 Å². The van der Waals surface area contributed by atoms with Crippen molar-refractivity contribution in [2.75, 3.05) is 24.7 Å². The maximum Gasteiger partial charge on any atom is 0.265 e. The van der Waals surface area contributed by atoms with Crippen molar-refractivity contribution in [2.24, 2.45) is 5.92 Å². The normalized spacial score (nSPS) is 16.8. The number of fused-ring (bicyclic) bond motifs is 1. The van der Waals surface area contributed by atoms with Gasteiger partial charge in [0.1, 0.15) is 5.75 Å². The van der Waals surface area contributed by atoms with E-state index in [1.54, 1.807) is 0 Å². The van der Waals surface area contributed by atoms with Crippen LogP contribution >= 0.6 is 0 Å². The Hall–Kier alpha value is -1.33. The van der Waals surface area contributed by atoms with Gasteiger partial charge < -0.3 is 14.1 Å². The third-order valence-corrected chi connectivity index (χ3v) is 9.34. The average Bonchev–Trinajstić information content (AvgIpc) is 2.47. The molecule has 0 aliphatic carbocycles. The van der Waals surface area contributed by atoms with Crippen LogP contribution < -0.4 is 9.64 Å². The van der Waals surface area contributed by atoms with Crippen LogP contribution in [0.4, 0.5) is 5.69 Å². The molecule has 5 heteroatoms. The highest BCUT2D eigenvalue weighted by Crippen LogP contribution is 2.37. The second-order valence-electron chi connectivity index (χ2n) is 7.94. The highest BCUT2D eigenvalue weighted by atomic mass is 28.4. The molecule has 23 heavy (non-hydrogen) atoms. The number of amides is 1. The quantitative estimate of drug-likeness (QED) is 0.761. The van der Waals surface area contributed by atoms with Crippen molar-refractivity contribution in [3.05, 3.63) is 24.3 Å². The fraction of sp³-hybridized carbons (Fsp3) is 0.611. The summed E-state index contributed by atoms with van der Waals surface area (Å²) in [6, 6.07) is 7.71. The minimum atomic E-state index is -1.75. The zero-order chi connectivity index (χ0) is 17.3. The molecule has 0 spiro atoms.